The van der Waals surface area contributed by atoms with E-state index >= 15 is 0 Å². The van der Waals surface area contributed by atoms with Crippen LogP contribution in [0.2, 0.25) is 0 Å². The van der Waals surface area contributed by atoms with Crippen LogP contribution in [0.25, 0.3) is 0 Å². The molecule has 0 radical (unpaired) electrons. The second kappa shape index (κ2) is 7.44. The molecule has 5 N–H and O–H groups in total. The quantitative estimate of drug-likeness (QED) is 0.384. The molecule has 0 bridgehead atoms. The summed E-state index contributed by atoms with van der Waals surface area (Å²) in [5.41, 5.74) is 5.50. The highest BCUT2D eigenvalue weighted by atomic mass is 32.3. The Morgan fingerprint density at radius 1 is 1.43 bits per heavy atom. The summed E-state index contributed by atoms with van der Waals surface area (Å²) in [5, 5.41) is 8.30. The molecule has 0 spiro atoms. The summed E-state index contributed by atoms with van der Waals surface area (Å²) in [5.74, 6) is -0.872. The summed E-state index contributed by atoms with van der Waals surface area (Å²) in [6.45, 7) is 2.06. The summed E-state index contributed by atoms with van der Waals surface area (Å²) in [6.07, 6.45) is 2.25. The van der Waals surface area contributed by atoms with E-state index in [9.17, 15) is 4.79 Å². The van der Waals surface area contributed by atoms with E-state index in [1.165, 1.54) is 0 Å². The van der Waals surface area contributed by atoms with Crippen molar-refractivity contribution in [2.45, 2.75) is 13.3 Å². The lowest BCUT2D eigenvalue weighted by Gasteiger charge is -1.89. The van der Waals surface area contributed by atoms with Crippen molar-refractivity contribution >= 4 is 16.4 Å². The predicted molar refractivity (Wildman–Crippen MR) is 49.2 cm³/mol. The Bertz CT molecular complexity index is 285. The second-order valence-corrected chi connectivity index (χ2v) is 3.11. The SMILES string of the molecule is CC(=CCCN)C(=O)O.O=S(=O)(O)O. The number of carbonyl (C=O) groups is 1. The molecule has 0 aromatic heterocycles. The van der Waals surface area contributed by atoms with Crippen LogP contribution in [0, 0.1) is 0 Å². The van der Waals surface area contributed by atoms with Crippen molar-refractivity contribution in [3.8, 4) is 0 Å². The van der Waals surface area contributed by atoms with Crippen molar-refractivity contribution in [2.24, 2.45) is 5.73 Å². The van der Waals surface area contributed by atoms with E-state index < -0.39 is 16.4 Å². The van der Waals surface area contributed by atoms with Gasteiger partial charge in [-0.15, -0.1) is 0 Å². The molecule has 84 valence electrons. The van der Waals surface area contributed by atoms with Gasteiger partial charge in [0.1, 0.15) is 0 Å². The van der Waals surface area contributed by atoms with Crippen LogP contribution in [-0.2, 0) is 15.2 Å². The van der Waals surface area contributed by atoms with E-state index in [-0.39, 0.29) is 0 Å². The van der Waals surface area contributed by atoms with Gasteiger partial charge in [-0.05, 0) is 19.9 Å². The fraction of sp³-hybridized carbons (Fsp3) is 0.500. The number of hydrogen-bond donors (Lipinski definition) is 4. The minimum absolute atomic E-state index is 0.362. The molecule has 0 saturated carbocycles. The lowest BCUT2D eigenvalue weighted by atomic mass is 10.2. The van der Waals surface area contributed by atoms with Gasteiger partial charge in [-0.2, -0.15) is 8.42 Å². The maximum Gasteiger partial charge on any atom is 0.394 e. The van der Waals surface area contributed by atoms with Crippen molar-refractivity contribution in [3.05, 3.63) is 11.6 Å². The maximum atomic E-state index is 10.1. The molecular weight excluding hydrogens is 214 g/mol. The van der Waals surface area contributed by atoms with Gasteiger partial charge in [0, 0.05) is 5.57 Å². The molecule has 0 amide bonds. The van der Waals surface area contributed by atoms with Crippen LogP contribution in [-0.4, -0.2) is 35.1 Å². The third-order valence-electron chi connectivity index (χ3n) is 0.955. The van der Waals surface area contributed by atoms with E-state index in [0.717, 1.165) is 0 Å². The molecule has 0 aliphatic carbocycles. The summed E-state index contributed by atoms with van der Waals surface area (Å²) in [4.78, 5) is 10.1. The highest BCUT2D eigenvalue weighted by Crippen LogP contribution is 1.92. The number of carboxylic acids is 1. The summed E-state index contributed by atoms with van der Waals surface area (Å²) >= 11 is 0. The fourth-order valence-corrected chi connectivity index (χ4v) is 0.387. The van der Waals surface area contributed by atoms with Crippen LogP contribution in [0.5, 0.6) is 0 Å². The van der Waals surface area contributed by atoms with Crippen LogP contribution >= 0.6 is 0 Å². The van der Waals surface area contributed by atoms with Gasteiger partial charge in [0.05, 0.1) is 0 Å². The van der Waals surface area contributed by atoms with Gasteiger partial charge < -0.3 is 10.8 Å². The second-order valence-electron chi connectivity index (χ2n) is 2.22. The van der Waals surface area contributed by atoms with Gasteiger partial charge in [0.15, 0.2) is 0 Å². The highest BCUT2D eigenvalue weighted by Gasteiger charge is 1.95. The maximum absolute atomic E-state index is 10.1. The standard InChI is InChI=1S/C6H11NO2.H2O4S/c1-5(6(8)9)3-2-4-7;1-5(2,3)4/h3H,2,4,7H2,1H3,(H,8,9);(H2,1,2,3,4). The average molecular weight is 227 g/mol. The van der Waals surface area contributed by atoms with Crippen molar-refractivity contribution in [1.29, 1.82) is 0 Å². The summed E-state index contributed by atoms with van der Waals surface area (Å²) in [7, 11) is -4.67. The minimum atomic E-state index is -4.67. The van der Waals surface area contributed by atoms with Crippen LogP contribution in [0.3, 0.4) is 0 Å². The zero-order valence-electron chi connectivity index (χ0n) is 7.54. The molecule has 0 rings (SSSR count). The van der Waals surface area contributed by atoms with Crippen molar-refractivity contribution in [1.82, 2.24) is 0 Å². The molecule has 0 fully saturated rings. The van der Waals surface area contributed by atoms with Gasteiger partial charge in [0.2, 0.25) is 0 Å². The monoisotopic (exact) mass is 227 g/mol. The smallest absolute Gasteiger partial charge is 0.394 e. The van der Waals surface area contributed by atoms with E-state index in [1.807, 2.05) is 0 Å². The van der Waals surface area contributed by atoms with Gasteiger partial charge >= 0.3 is 16.4 Å². The van der Waals surface area contributed by atoms with Gasteiger partial charge in [-0.3, -0.25) is 9.11 Å². The Hall–Kier alpha value is -0.960. The third kappa shape index (κ3) is 22.5. The van der Waals surface area contributed by atoms with E-state index in [2.05, 4.69) is 0 Å². The van der Waals surface area contributed by atoms with Crippen LogP contribution in [0.4, 0.5) is 0 Å². The topological polar surface area (TPSA) is 138 Å². The van der Waals surface area contributed by atoms with E-state index in [1.54, 1.807) is 13.0 Å². The Morgan fingerprint density at radius 3 is 2.00 bits per heavy atom. The lowest BCUT2D eigenvalue weighted by molar-refractivity contribution is -0.132. The number of nitrogens with two attached hydrogens (primary N) is 1. The highest BCUT2D eigenvalue weighted by molar-refractivity contribution is 7.79. The summed E-state index contributed by atoms with van der Waals surface area (Å²) in [6, 6.07) is 0. The van der Waals surface area contributed by atoms with Gasteiger partial charge in [-0.25, -0.2) is 4.79 Å². The first-order valence-electron chi connectivity index (χ1n) is 3.48. The Kier molecular flexibility index (Phi) is 8.25. The first-order valence-corrected chi connectivity index (χ1v) is 4.88. The first kappa shape index (κ1) is 15.5. The normalized spacial score (nSPS) is 11.6. The lowest BCUT2D eigenvalue weighted by Crippen LogP contribution is -1.99. The zero-order valence-corrected chi connectivity index (χ0v) is 8.36. The summed E-state index contributed by atoms with van der Waals surface area (Å²) < 4.78 is 31.6. The van der Waals surface area contributed by atoms with Crippen molar-refractivity contribution in [3.63, 3.8) is 0 Å². The molecule has 14 heavy (non-hydrogen) atoms. The van der Waals surface area contributed by atoms with E-state index in [4.69, 9.17) is 28.4 Å². The van der Waals surface area contributed by atoms with Crippen molar-refractivity contribution in [2.75, 3.05) is 6.54 Å². The fourth-order valence-electron chi connectivity index (χ4n) is 0.387. The van der Waals surface area contributed by atoms with Gasteiger partial charge in [-0.1, -0.05) is 6.08 Å². The average Bonchev–Trinajstić information content (AvgIpc) is 1.96. The molecule has 0 atom stereocenters. The Balaban J connectivity index is 0. The first-order chi connectivity index (χ1) is 6.18. The Morgan fingerprint density at radius 2 is 1.79 bits per heavy atom. The van der Waals surface area contributed by atoms with Crippen LogP contribution in [0.1, 0.15) is 13.3 Å². The van der Waals surface area contributed by atoms with Crippen LogP contribution < -0.4 is 5.73 Å². The van der Waals surface area contributed by atoms with E-state index in [0.29, 0.717) is 18.5 Å². The molecule has 0 aromatic carbocycles. The largest absolute Gasteiger partial charge is 0.478 e. The zero-order chi connectivity index (χ0) is 11.8. The molecule has 0 aliphatic heterocycles. The third-order valence-corrected chi connectivity index (χ3v) is 0.955. The molecule has 0 unspecified atom stereocenters. The molecular formula is C6H13NO6S. The molecule has 0 saturated heterocycles. The van der Waals surface area contributed by atoms with Crippen LogP contribution in [0.15, 0.2) is 11.6 Å². The van der Waals surface area contributed by atoms with Gasteiger partial charge in [0.25, 0.3) is 0 Å². The predicted octanol–water partition coefficient (Wildman–Crippen LogP) is -0.287. The minimum Gasteiger partial charge on any atom is -0.478 e. The molecule has 0 aliphatic rings. The molecule has 0 aromatic rings. The number of hydrogen-bond acceptors (Lipinski definition) is 4. The number of rotatable bonds is 3. The molecule has 8 heteroatoms. The Labute approximate surface area is 81.8 Å². The number of aliphatic carboxylic acids is 1. The van der Waals surface area contributed by atoms with Crippen molar-refractivity contribution < 1.29 is 27.4 Å². The number of carboxylic acid groups (broad SMARTS) is 1. The molecule has 0 heterocycles. The molecule has 7 nitrogen and oxygen atoms in total.